The van der Waals surface area contributed by atoms with Crippen LogP contribution in [0.25, 0.3) is 11.0 Å². The zero-order valence-electron chi connectivity index (χ0n) is 14.9. The van der Waals surface area contributed by atoms with Crippen LogP contribution in [-0.2, 0) is 12.0 Å². The second-order valence-electron chi connectivity index (χ2n) is 7.53. The summed E-state index contributed by atoms with van der Waals surface area (Å²) in [6.45, 7) is 1.43. The Morgan fingerprint density at radius 1 is 0.962 bits per heavy atom. The molecule has 1 N–H and O–H groups in total. The number of nitrogens with zero attached hydrogens (tertiary/aromatic N) is 2. The molecule has 1 amide bonds. The largest absolute Gasteiger partial charge is 0.350 e. The lowest BCUT2D eigenvalue weighted by Crippen LogP contribution is -2.34. The van der Waals surface area contributed by atoms with Crippen molar-refractivity contribution in [1.82, 2.24) is 14.9 Å². The van der Waals surface area contributed by atoms with Crippen LogP contribution in [0.4, 0.5) is 0 Å². The number of imidazole rings is 1. The summed E-state index contributed by atoms with van der Waals surface area (Å²) in [5.74, 6) is 1.15. The van der Waals surface area contributed by atoms with Crippen LogP contribution in [0.1, 0.15) is 53.8 Å². The number of para-hydroxylation sites is 1. The molecule has 0 atom stereocenters. The van der Waals surface area contributed by atoms with Gasteiger partial charge in [-0.15, -0.1) is 0 Å². The van der Waals surface area contributed by atoms with Gasteiger partial charge in [-0.1, -0.05) is 55.7 Å². The summed E-state index contributed by atoms with van der Waals surface area (Å²) in [5.41, 5.74) is 3.99. The van der Waals surface area contributed by atoms with Crippen LogP contribution >= 0.6 is 0 Å². The van der Waals surface area contributed by atoms with Crippen molar-refractivity contribution < 1.29 is 4.79 Å². The molecule has 0 spiro atoms. The molecule has 2 heterocycles. The van der Waals surface area contributed by atoms with Gasteiger partial charge >= 0.3 is 0 Å². The van der Waals surface area contributed by atoms with E-state index >= 15 is 0 Å². The van der Waals surface area contributed by atoms with Crippen LogP contribution < -0.4 is 5.32 Å². The fraction of sp³-hybridized carbons (Fsp3) is 0.364. The van der Waals surface area contributed by atoms with Gasteiger partial charge in [0.05, 0.1) is 22.0 Å². The van der Waals surface area contributed by atoms with Crippen LogP contribution in [0.3, 0.4) is 0 Å². The van der Waals surface area contributed by atoms with E-state index in [1.807, 2.05) is 18.2 Å². The molecule has 0 saturated heterocycles. The predicted molar refractivity (Wildman–Crippen MR) is 102 cm³/mol. The molecule has 1 fully saturated rings. The van der Waals surface area contributed by atoms with Crippen molar-refractivity contribution in [1.29, 1.82) is 0 Å². The van der Waals surface area contributed by atoms with Crippen molar-refractivity contribution in [3.8, 4) is 0 Å². The number of rotatable bonds is 2. The summed E-state index contributed by atoms with van der Waals surface area (Å²) < 4.78 is 2.32. The van der Waals surface area contributed by atoms with Crippen molar-refractivity contribution in [2.75, 3.05) is 6.54 Å². The van der Waals surface area contributed by atoms with E-state index < -0.39 is 0 Å². The molecule has 4 heteroatoms. The first kappa shape index (κ1) is 15.6. The van der Waals surface area contributed by atoms with Gasteiger partial charge in [0.15, 0.2) is 0 Å². The third-order valence-electron chi connectivity index (χ3n) is 6.09. The first-order valence-electron chi connectivity index (χ1n) is 9.63. The highest BCUT2D eigenvalue weighted by Gasteiger charge is 2.40. The SMILES string of the molecule is O=C1NCCn2c(C3(c4ccccc4)CCCCC3)nc3cccc1c32. The average molecular weight is 345 g/mol. The number of carbonyl (C=O) groups excluding carboxylic acids is 1. The van der Waals surface area contributed by atoms with Crippen LogP contribution in [0.5, 0.6) is 0 Å². The number of aromatic nitrogens is 2. The predicted octanol–water partition coefficient (Wildman–Crippen LogP) is 4.03. The molecule has 1 saturated carbocycles. The van der Waals surface area contributed by atoms with Crippen LogP contribution in [0, 0.1) is 0 Å². The first-order valence-corrected chi connectivity index (χ1v) is 9.63. The topological polar surface area (TPSA) is 46.9 Å². The van der Waals surface area contributed by atoms with Crippen molar-refractivity contribution >= 4 is 16.9 Å². The summed E-state index contributed by atoms with van der Waals surface area (Å²) in [4.78, 5) is 17.6. The van der Waals surface area contributed by atoms with Gasteiger partial charge < -0.3 is 9.88 Å². The maximum atomic E-state index is 12.5. The second-order valence-corrected chi connectivity index (χ2v) is 7.53. The van der Waals surface area contributed by atoms with E-state index in [9.17, 15) is 4.79 Å². The van der Waals surface area contributed by atoms with E-state index in [2.05, 4.69) is 40.2 Å². The summed E-state index contributed by atoms with van der Waals surface area (Å²) in [5, 5.41) is 3.03. The van der Waals surface area contributed by atoms with Gasteiger partial charge in [-0.25, -0.2) is 4.98 Å². The smallest absolute Gasteiger partial charge is 0.253 e. The van der Waals surface area contributed by atoms with Crippen LogP contribution in [0.2, 0.25) is 0 Å². The van der Waals surface area contributed by atoms with E-state index in [1.165, 1.54) is 24.8 Å². The van der Waals surface area contributed by atoms with Gasteiger partial charge in [-0.05, 0) is 30.5 Å². The molecule has 26 heavy (non-hydrogen) atoms. The van der Waals surface area contributed by atoms with E-state index in [0.717, 1.165) is 41.8 Å². The van der Waals surface area contributed by atoms with Crippen molar-refractivity contribution in [3.05, 3.63) is 65.5 Å². The maximum absolute atomic E-state index is 12.5. The highest BCUT2D eigenvalue weighted by molar-refractivity contribution is 6.05. The minimum atomic E-state index is -0.0524. The zero-order chi connectivity index (χ0) is 17.6. The van der Waals surface area contributed by atoms with Crippen LogP contribution in [-0.4, -0.2) is 22.0 Å². The third kappa shape index (κ3) is 2.21. The van der Waals surface area contributed by atoms with Crippen molar-refractivity contribution in [3.63, 3.8) is 0 Å². The Hall–Kier alpha value is -2.62. The average Bonchev–Trinajstić information content (AvgIpc) is 2.99. The highest BCUT2D eigenvalue weighted by atomic mass is 16.1. The molecule has 5 rings (SSSR count). The lowest BCUT2D eigenvalue weighted by Gasteiger charge is -2.37. The molecule has 0 bridgehead atoms. The molecule has 2 aliphatic rings. The lowest BCUT2D eigenvalue weighted by atomic mass is 9.68. The molecule has 3 aromatic rings. The Morgan fingerprint density at radius 3 is 2.58 bits per heavy atom. The lowest BCUT2D eigenvalue weighted by molar-refractivity contribution is 0.0956. The van der Waals surface area contributed by atoms with E-state index in [1.54, 1.807) is 0 Å². The maximum Gasteiger partial charge on any atom is 0.253 e. The van der Waals surface area contributed by atoms with Gasteiger partial charge in [-0.3, -0.25) is 4.79 Å². The molecule has 132 valence electrons. The highest BCUT2D eigenvalue weighted by Crippen LogP contribution is 2.45. The van der Waals surface area contributed by atoms with E-state index in [0.29, 0.717) is 6.54 Å². The summed E-state index contributed by atoms with van der Waals surface area (Å²) >= 11 is 0. The van der Waals surface area contributed by atoms with Crippen molar-refractivity contribution in [2.45, 2.75) is 44.1 Å². The van der Waals surface area contributed by atoms with Gasteiger partial charge in [0.1, 0.15) is 5.82 Å². The quantitative estimate of drug-likeness (QED) is 0.762. The minimum absolute atomic E-state index is 0.0122. The fourth-order valence-corrected chi connectivity index (χ4v) is 4.88. The summed E-state index contributed by atoms with van der Waals surface area (Å²) in [6, 6.07) is 16.7. The molecule has 1 aliphatic heterocycles. The molecular weight excluding hydrogens is 322 g/mol. The molecule has 0 radical (unpaired) electrons. The number of hydrogen-bond donors (Lipinski definition) is 1. The molecule has 1 aliphatic carbocycles. The number of nitrogens with one attached hydrogen (secondary N) is 1. The van der Waals surface area contributed by atoms with Crippen LogP contribution in [0.15, 0.2) is 48.5 Å². The van der Waals surface area contributed by atoms with Gasteiger partial charge in [0.2, 0.25) is 0 Å². The minimum Gasteiger partial charge on any atom is -0.350 e. The fourth-order valence-electron chi connectivity index (χ4n) is 4.88. The Balaban J connectivity index is 1.80. The monoisotopic (exact) mass is 345 g/mol. The molecular formula is C22H23N3O. The first-order chi connectivity index (χ1) is 12.8. The molecule has 2 aromatic carbocycles. The number of hydrogen-bond acceptors (Lipinski definition) is 2. The molecule has 1 aromatic heterocycles. The summed E-state index contributed by atoms with van der Waals surface area (Å²) in [6.07, 6.45) is 5.98. The Bertz CT molecular complexity index is 968. The van der Waals surface area contributed by atoms with E-state index in [-0.39, 0.29) is 11.3 Å². The molecule has 0 unspecified atom stereocenters. The van der Waals surface area contributed by atoms with E-state index in [4.69, 9.17) is 4.98 Å². The number of benzene rings is 2. The normalized spacial score (nSPS) is 19.2. The Morgan fingerprint density at radius 2 is 1.77 bits per heavy atom. The third-order valence-corrected chi connectivity index (χ3v) is 6.09. The standard InChI is InChI=1S/C22H23N3O/c26-20-17-10-7-11-18-19(17)25(15-14-23-20)21(24-18)22(12-5-2-6-13-22)16-8-3-1-4-9-16/h1,3-4,7-11H,2,5-6,12-15H2,(H,23,26). The number of carbonyl (C=O) groups is 1. The Labute approximate surface area is 153 Å². The number of amides is 1. The molecule has 4 nitrogen and oxygen atoms in total. The van der Waals surface area contributed by atoms with Crippen molar-refractivity contribution in [2.24, 2.45) is 0 Å². The summed E-state index contributed by atoms with van der Waals surface area (Å²) in [7, 11) is 0. The van der Waals surface area contributed by atoms with Gasteiger partial charge in [0, 0.05) is 13.1 Å². The zero-order valence-corrected chi connectivity index (χ0v) is 14.9. The second kappa shape index (κ2) is 5.97. The Kier molecular flexibility index (Phi) is 3.59. The van der Waals surface area contributed by atoms with Gasteiger partial charge in [-0.2, -0.15) is 0 Å². The van der Waals surface area contributed by atoms with Gasteiger partial charge in [0.25, 0.3) is 5.91 Å².